The van der Waals surface area contributed by atoms with Crippen LogP contribution in [0.15, 0.2) is 78.9 Å². The SMILES string of the molecule is COc1ccc(C(=CC=CC=CC(c2ccc(OC)cc2)N2CCOCC2)N2CCOCC2)cc1.FB(F)F.[F-]. The number of hydrogen-bond donors (Lipinski definition) is 0. The van der Waals surface area contributed by atoms with E-state index in [1.54, 1.807) is 14.2 Å². The first-order chi connectivity index (χ1) is 19.0. The van der Waals surface area contributed by atoms with Crippen molar-refractivity contribution in [2.45, 2.75) is 6.04 Å². The highest BCUT2D eigenvalue weighted by Crippen LogP contribution is 2.26. The van der Waals surface area contributed by atoms with Crippen LogP contribution in [0.2, 0.25) is 0 Å². The minimum absolute atomic E-state index is 0. The molecule has 4 rings (SSSR count). The molecule has 0 radical (unpaired) electrons. The molecule has 2 aliphatic rings. The van der Waals surface area contributed by atoms with Gasteiger partial charge in [-0.3, -0.25) is 17.8 Å². The Morgan fingerprint density at radius 3 is 1.80 bits per heavy atom. The van der Waals surface area contributed by atoms with Gasteiger partial charge in [0.25, 0.3) is 0 Å². The van der Waals surface area contributed by atoms with Gasteiger partial charge in [0.1, 0.15) is 11.5 Å². The van der Waals surface area contributed by atoms with E-state index < -0.39 is 7.54 Å². The molecule has 2 aromatic carbocycles. The number of methoxy groups -OCH3 is 2. The molecule has 0 bridgehead atoms. The molecule has 40 heavy (non-hydrogen) atoms. The predicted octanol–water partition coefficient (Wildman–Crippen LogP) is 2.45. The topological polar surface area (TPSA) is 43.4 Å². The number of allylic oxidation sites excluding steroid dienone is 4. The summed E-state index contributed by atoms with van der Waals surface area (Å²) in [6, 6.07) is 16.8. The lowest BCUT2D eigenvalue weighted by Gasteiger charge is -2.33. The van der Waals surface area contributed by atoms with Crippen LogP contribution in [-0.4, -0.2) is 84.2 Å². The molecule has 1 atom stereocenters. The molecule has 2 aliphatic heterocycles. The van der Waals surface area contributed by atoms with Gasteiger partial charge in [0, 0.05) is 31.9 Å². The lowest BCUT2D eigenvalue weighted by Crippen LogP contribution is -3.00. The second-order valence-electron chi connectivity index (χ2n) is 8.76. The Labute approximate surface area is 234 Å². The molecule has 0 spiro atoms. The second kappa shape index (κ2) is 18.1. The molecule has 0 aliphatic carbocycles. The molecule has 0 amide bonds. The van der Waals surface area contributed by atoms with Crippen molar-refractivity contribution < 1.29 is 36.6 Å². The molecule has 0 N–H and O–H groups in total. The number of benzene rings is 2. The third kappa shape index (κ3) is 10.7. The average molecular weight is 563 g/mol. The van der Waals surface area contributed by atoms with Crippen molar-refractivity contribution in [2.24, 2.45) is 0 Å². The van der Waals surface area contributed by atoms with Gasteiger partial charge in [0.2, 0.25) is 0 Å². The first-order valence-corrected chi connectivity index (χ1v) is 12.9. The Morgan fingerprint density at radius 2 is 1.27 bits per heavy atom. The Balaban J connectivity index is 0.00000105. The zero-order chi connectivity index (χ0) is 27.9. The van der Waals surface area contributed by atoms with Crippen molar-refractivity contribution in [3.63, 3.8) is 0 Å². The molecule has 2 saturated heterocycles. The summed E-state index contributed by atoms with van der Waals surface area (Å²) in [7, 11) is -0.275. The van der Waals surface area contributed by atoms with E-state index >= 15 is 0 Å². The van der Waals surface area contributed by atoms with E-state index in [4.69, 9.17) is 18.9 Å². The number of hydrogen-bond acceptors (Lipinski definition) is 6. The van der Waals surface area contributed by atoms with Crippen molar-refractivity contribution >= 4 is 13.2 Å². The molecule has 6 nitrogen and oxygen atoms in total. The Hall–Kier alpha value is -3.28. The van der Waals surface area contributed by atoms with Crippen molar-refractivity contribution in [1.82, 2.24) is 9.80 Å². The van der Waals surface area contributed by atoms with Crippen LogP contribution in [0.3, 0.4) is 0 Å². The number of halogens is 4. The van der Waals surface area contributed by atoms with Gasteiger partial charge in [-0.2, -0.15) is 0 Å². The zero-order valence-electron chi connectivity index (χ0n) is 22.9. The van der Waals surface area contributed by atoms with E-state index in [2.05, 4.69) is 64.4 Å². The average Bonchev–Trinajstić information content (AvgIpc) is 2.98. The number of nitrogens with zero attached hydrogens (tertiary/aromatic N) is 2. The maximum absolute atomic E-state index is 9.67. The van der Waals surface area contributed by atoms with E-state index in [1.165, 1.54) is 16.8 Å². The third-order valence-electron chi connectivity index (χ3n) is 6.40. The second-order valence-corrected chi connectivity index (χ2v) is 8.76. The monoisotopic (exact) mass is 563 g/mol. The van der Waals surface area contributed by atoms with E-state index in [-0.39, 0.29) is 10.7 Å². The standard InChI is InChI=1S/C29H36N2O4.BF3.FH/c1-32-26-12-8-24(9-13-26)28(30-16-20-34-21-17-30)6-4-3-5-7-29(31-18-22-35-23-19-31)25-10-14-27(33-2)15-11-25;2-1(3)4;/h3-15,28H,16-23H2,1-2H3;;1H/p-1. The molecule has 0 saturated carbocycles. The molecule has 2 fully saturated rings. The van der Waals surface area contributed by atoms with Gasteiger partial charge in [0.15, 0.2) is 0 Å². The summed E-state index contributed by atoms with van der Waals surface area (Å²) >= 11 is 0. The fraction of sp³-hybridized carbons (Fsp3) is 0.379. The number of rotatable bonds is 9. The summed E-state index contributed by atoms with van der Waals surface area (Å²) in [5.74, 6) is 1.74. The van der Waals surface area contributed by atoms with Crippen LogP contribution in [0.5, 0.6) is 11.5 Å². The van der Waals surface area contributed by atoms with E-state index in [0.29, 0.717) is 0 Å². The van der Waals surface area contributed by atoms with Crippen LogP contribution >= 0.6 is 0 Å². The lowest BCUT2D eigenvalue weighted by molar-refractivity contribution is -0.0000140. The van der Waals surface area contributed by atoms with Gasteiger partial charge in [0.05, 0.1) is 46.7 Å². The minimum atomic E-state index is -3.67. The summed E-state index contributed by atoms with van der Waals surface area (Å²) in [4.78, 5) is 4.84. The lowest BCUT2D eigenvalue weighted by atomic mass is 10.0. The summed E-state index contributed by atoms with van der Waals surface area (Å²) in [5.41, 5.74) is 3.62. The van der Waals surface area contributed by atoms with Crippen molar-refractivity contribution in [3.05, 3.63) is 90.0 Å². The Morgan fingerprint density at radius 1 is 0.775 bits per heavy atom. The van der Waals surface area contributed by atoms with Crippen LogP contribution in [-0.2, 0) is 9.47 Å². The summed E-state index contributed by atoms with van der Waals surface area (Å²) in [6.07, 6.45) is 10.8. The Kier molecular flexibility index (Phi) is 14.9. The van der Waals surface area contributed by atoms with Gasteiger partial charge in [-0.25, -0.2) is 0 Å². The molecule has 0 aromatic heterocycles. The fourth-order valence-electron chi connectivity index (χ4n) is 4.43. The summed E-state index contributed by atoms with van der Waals surface area (Å²) in [5, 5.41) is 0. The van der Waals surface area contributed by atoms with Crippen LogP contribution in [0, 0.1) is 0 Å². The van der Waals surface area contributed by atoms with E-state index in [1.807, 2.05) is 24.3 Å². The van der Waals surface area contributed by atoms with Crippen LogP contribution in [0.4, 0.5) is 12.9 Å². The molecule has 218 valence electrons. The predicted molar refractivity (Wildman–Crippen MR) is 149 cm³/mol. The van der Waals surface area contributed by atoms with Crippen LogP contribution in [0.25, 0.3) is 5.70 Å². The van der Waals surface area contributed by atoms with Gasteiger partial charge < -0.3 is 28.6 Å². The highest BCUT2D eigenvalue weighted by molar-refractivity contribution is 6.33. The zero-order valence-corrected chi connectivity index (χ0v) is 22.9. The van der Waals surface area contributed by atoms with Gasteiger partial charge >= 0.3 is 7.54 Å². The van der Waals surface area contributed by atoms with E-state index in [0.717, 1.165) is 64.1 Å². The van der Waals surface area contributed by atoms with Crippen LogP contribution < -0.4 is 14.2 Å². The molecule has 2 heterocycles. The van der Waals surface area contributed by atoms with Crippen molar-refractivity contribution in [2.75, 3.05) is 66.8 Å². The molecule has 11 heteroatoms. The quantitative estimate of drug-likeness (QED) is 0.266. The minimum Gasteiger partial charge on any atom is -1.00 e. The number of morpholine rings is 2. The fourth-order valence-corrected chi connectivity index (χ4v) is 4.43. The number of ether oxygens (including phenoxy) is 4. The highest BCUT2D eigenvalue weighted by atomic mass is 19.4. The highest BCUT2D eigenvalue weighted by Gasteiger charge is 2.20. The van der Waals surface area contributed by atoms with Crippen molar-refractivity contribution in [3.8, 4) is 11.5 Å². The maximum Gasteiger partial charge on any atom is 0.762 e. The smallest absolute Gasteiger partial charge is 0.762 e. The largest absolute Gasteiger partial charge is 1.00 e. The molecular formula is C29H36BF4N2O4-. The van der Waals surface area contributed by atoms with Gasteiger partial charge in [-0.05, 0) is 53.6 Å². The van der Waals surface area contributed by atoms with Gasteiger partial charge in [-0.1, -0.05) is 36.4 Å². The van der Waals surface area contributed by atoms with E-state index in [9.17, 15) is 12.9 Å². The molecular weight excluding hydrogens is 527 g/mol. The third-order valence-corrected chi connectivity index (χ3v) is 6.40. The summed E-state index contributed by atoms with van der Waals surface area (Å²) < 4.78 is 50.8. The van der Waals surface area contributed by atoms with Crippen molar-refractivity contribution in [1.29, 1.82) is 0 Å². The van der Waals surface area contributed by atoms with Crippen LogP contribution in [0.1, 0.15) is 17.2 Å². The molecule has 2 aromatic rings. The Bertz CT molecular complexity index is 1050. The normalized spacial score (nSPS) is 17.1. The first kappa shape index (κ1) is 32.9. The maximum atomic E-state index is 9.67. The van der Waals surface area contributed by atoms with Gasteiger partial charge in [-0.15, -0.1) is 0 Å². The molecule has 1 unspecified atom stereocenters. The first-order valence-electron chi connectivity index (χ1n) is 12.9. The summed E-state index contributed by atoms with van der Waals surface area (Å²) in [6.45, 7) is 6.65.